The summed E-state index contributed by atoms with van der Waals surface area (Å²) in [7, 11) is 0. The van der Waals surface area contributed by atoms with Crippen LogP contribution in [0, 0.1) is 11.3 Å². The molecule has 20 heavy (non-hydrogen) atoms. The lowest BCUT2D eigenvalue weighted by Gasteiger charge is -2.61. The molecule has 2 aliphatic carbocycles. The largest absolute Gasteiger partial charge is 0.461 e. The fraction of sp³-hybridized carbons (Fsp3) is 0.615. The smallest absolute Gasteiger partial charge is 0.316 e. The van der Waals surface area contributed by atoms with Crippen molar-refractivity contribution in [3.63, 3.8) is 0 Å². The summed E-state index contributed by atoms with van der Waals surface area (Å²) >= 11 is 1.13. The summed E-state index contributed by atoms with van der Waals surface area (Å²) in [6.45, 7) is 2.19. The number of aromatic amines is 1. The Kier molecular flexibility index (Phi) is 3.24. The van der Waals surface area contributed by atoms with E-state index in [4.69, 9.17) is 10.5 Å². The van der Waals surface area contributed by atoms with Gasteiger partial charge in [-0.1, -0.05) is 18.7 Å². The van der Waals surface area contributed by atoms with E-state index in [1.54, 1.807) is 0 Å². The minimum absolute atomic E-state index is 0.0576. The molecule has 0 saturated heterocycles. The Labute approximate surface area is 120 Å². The number of hydrogen-bond acceptors (Lipinski definition) is 6. The number of carbonyl (C=O) groups excluding carboxylic acids is 1. The van der Waals surface area contributed by atoms with Gasteiger partial charge >= 0.3 is 5.97 Å². The molecule has 2 saturated carbocycles. The lowest BCUT2D eigenvalue weighted by atomic mass is 9.47. The predicted octanol–water partition coefficient (Wildman–Crippen LogP) is 1.18. The highest BCUT2D eigenvalue weighted by Gasteiger charge is 2.59. The second kappa shape index (κ2) is 4.80. The van der Waals surface area contributed by atoms with Crippen LogP contribution in [-0.4, -0.2) is 27.8 Å². The third-order valence-electron chi connectivity index (χ3n) is 4.54. The Morgan fingerprint density at radius 1 is 1.70 bits per heavy atom. The number of rotatable bonds is 4. The molecule has 0 spiro atoms. The first-order valence-electron chi connectivity index (χ1n) is 6.66. The Bertz CT molecular complexity index is 603. The Hall–Kier alpha value is -1.50. The van der Waals surface area contributed by atoms with Crippen molar-refractivity contribution in [1.82, 2.24) is 9.97 Å². The number of thioether (sulfide) groups is 1. The lowest BCUT2D eigenvalue weighted by Crippen LogP contribution is -2.59. The van der Waals surface area contributed by atoms with Crippen LogP contribution in [0.2, 0.25) is 0 Å². The van der Waals surface area contributed by atoms with Gasteiger partial charge in [0, 0.05) is 11.5 Å². The number of nitrogen functional groups attached to an aromatic ring is 1. The zero-order chi connectivity index (χ0) is 14.3. The van der Waals surface area contributed by atoms with Gasteiger partial charge in [0.05, 0.1) is 5.75 Å². The molecule has 3 rings (SSSR count). The monoisotopic (exact) mass is 295 g/mol. The van der Waals surface area contributed by atoms with Gasteiger partial charge in [0.1, 0.15) is 11.9 Å². The lowest BCUT2D eigenvalue weighted by molar-refractivity contribution is -0.205. The minimum Gasteiger partial charge on any atom is -0.461 e. The topological polar surface area (TPSA) is 98.1 Å². The summed E-state index contributed by atoms with van der Waals surface area (Å²) in [6, 6.07) is 1.20. The predicted molar refractivity (Wildman–Crippen MR) is 75.3 cm³/mol. The molecule has 2 aliphatic rings. The van der Waals surface area contributed by atoms with Gasteiger partial charge in [0.25, 0.3) is 5.56 Å². The number of carbonyl (C=O) groups is 1. The van der Waals surface area contributed by atoms with E-state index < -0.39 is 0 Å². The molecule has 108 valence electrons. The zero-order valence-corrected chi connectivity index (χ0v) is 12.0. The number of fused-ring (bicyclic) bond motifs is 1. The number of esters is 1. The van der Waals surface area contributed by atoms with E-state index in [0.29, 0.717) is 5.16 Å². The number of anilines is 1. The van der Waals surface area contributed by atoms with E-state index in [2.05, 4.69) is 16.9 Å². The van der Waals surface area contributed by atoms with Gasteiger partial charge in [0.2, 0.25) is 0 Å². The fourth-order valence-electron chi connectivity index (χ4n) is 3.01. The van der Waals surface area contributed by atoms with E-state index in [-0.39, 0.29) is 34.6 Å². The third kappa shape index (κ3) is 2.30. The molecular formula is C13H17N3O3S. The molecule has 0 aromatic carbocycles. The fourth-order valence-corrected chi connectivity index (χ4v) is 3.67. The van der Waals surface area contributed by atoms with Gasteiger partial charge in [-0.25, -0.2) is 4.98 Å². The molecule has 3 atom stereocenters. The van der Waals surface area contributed by atoms with E-state index in [9.17, 15) is 9.59 Å². The van der Waals surface area contributed by atoms with Crippen LogP contribution in [0.15, 0.2) is 16.0 Å². The van der Waals surface area contributed by atoms with Crippen molar-refractivity contribution in [1.29, 1.82) is 0 Å². The third-order valence-corrected chi connectivity index (χ3v) is 5.39. The Balaban J connectivity index is 1.51. The van der Waals surface area contributed by atoms with E-state index in [1.165, 1.54) is 12.5 Å². The molecular weight excluding hydrogens is 278 g/mol. The number of nitrogens with zero attached hydrogens (tertiary/aromatic N) is 1. The highest BCUT2D eigenvalue weighted by molar-refractivity contribution is 7.99. The number of H-pyrrole nitrogens is 1. The molecule has 0 radical (unpaired) electrons. The Morgan fingerprint density at radius 2 is 2.50 bits per heavy atom. The highest BCUT2D eigenvalue weighted by Crippen LogP contribution is 2.61. The summed E-state index contributed by atoms with van der Waals surface area (Å²) in [5.41, 5.74) is 5.37. The molecule has 1 aromatic heterocycles. The SMILES string of the molecule is C[C@]12CC[C@H]1C[C@@H]2OC(=O)CSc1nc(N)cc(=O)[nH]1. The van der Waals surface area contributed by atoms with Crippen LogP contribution >= 0.6 is 11.8 Å². The first kappa shape index (κ1) is 13.5. The van der Waals surface area contributed by atoms with Crippen LogP contribution in [-0.2, 0) is 9.53 Å². The van der Waals surface area contributed by atoms with Gasteiger partial charge in [0.15, 0.2) is 5.16 Å². The molecule has 0 amide bonds. The van der Waals surface area contributed by atoms with Crippen LogP contribution in [0.5, 0.6) is 0 Å². The maximum Gasteiger partial charge on any atom is 0.316 e. The second-order valence-electron chi connectivity index (χ2n) is 5.72. The summed E-state index contributed by atoms with van der Waals surface area (Å²) in [5.74, 6) is 0.744. The van der Waals surface area contributed by atoms with Crippen molar-refractivity contribution in [3.8, 4) is 0 Å². The standard InChI is InChI=1S/C13H17N3O3S/c1-13-3-2-7(13)4-8(13)19-11(18)6-20-12-15-9(14)5-10(17)16-12/h5,7-8H,2-4,6H2,1H3,(H3,14,15,16,17)/t7-,8-,13-/m0/s1. The first-order valence-corrected chi connectivity index (χ1v) is 7.65. The molecule has 1 heterocycles. The molecule has 0 aliphatic heterocycles. The van der Waals surface area contributed by atoms with Crippen molar-refractivity contribution in [2.45, 2.75) is 37.4 Å². The van der Waals surface area contributed by atoms with Gasteiger partial charge in [-0.05, 0) is 25.2 Å². The first-order chi connectivity index (χ1) is 9.47. The van der Waals surface area contributed by atoms with Gasteiger partial charge in [-0.15, -0.1) is 0 Å². The molecule has 1 aromatic rings. The maximum absolute atomic E-state index is 11.8. The Morgan fingerprint density at radius 3 is 3.05 bits per heavy atom. The summed E-state index contributed by atoms with van der Waals surface area (Å²) < 4.78 is 5.49. The number of ether oxygens (including phenoxy) is 1. The van der Waals surface area contributed by atoms with Crippen LogP contribution in [0.3, 0.4) is 0 Å². The van der Waals surface area contributed by atoms with Crippen LogP contribution in [0.25, 0.3) is 0 Å². The van der Waals surface area contributed by atoms with Gasteiger partial charge in [-0.3, -0.25) is 9.59 Å². The van der Waals surface area contributed by atoms with Crippen LogP contribution in [0.4, 0.5) is 5.82 Å². The van der Waals surface area contributed by atoms with E-state index in [1.807, 2.05) is 0 Å². The van der Waals surface area contributed by atoms with Gasteiger partial charge in [-0.2, -0.15) is 0 Å². The van der Waals surface area contributed by atoms with Crippen molar-refractivity contribution >= 4 is 23.5 Å². The molecule has 2 fully saturated rings. The minimum atomic E-state index is -0.322. The van der Waals surface area contributed by atoms with E-state index >= 15 is 0 Å². The average molecular weight is 295 g/mol. The average Bonchev–Trinajstić information content (AvgIpc) is 2.38. The molecule has 0 unspecified atom stereocenters. The molecule has 3 N–H and O–H groups in total. The number of nitrogens with two attached hydrogens (primary N) is 1. The summed E-state index contributed by atoms with van der Waals surface area (Å²) in [5, 5.41) is 0.341. The highest BCUT2D eigenvalue weighted by atomic mass is 32.2. The van der Waals surface area contributed by atoms with Crippen LogP contribution < -0.4 is 11.3 Å². The zero-order valence-electron chi connectivity index (χ0n) is 11.2. The molecule has 7 heteroatoms. The second-order valence-corrected chi connectivity index (χ2v) is 6.68. The number of aromatic nitrogens is 2. The number of hydrogen-bond donors (Lipinski definition) is 2. The maximum atomic E-state index is 11.8. The summed E-state index contributed by atoms with van der Waals surface area (Å²) in [6.07, 6.45) is 3.45. The molecule has 0 bridgehead atoms. The van der Waals surface area contributed by atoms with Crippen molar-refractivity contribution in [3.05, 3.63) is 16.4 Å². The molecule has 6 nitrogen and oxygen atoms in total. The number of nitrogens with one attached hydrogen (secondary N) is 1. The van der Waals surface area contributed by atoms with Crippen LogP contribution in [0.1, 0.15) is 26.2 Å². The summed E-state index contributed by atoms with van der Waals surface area (Å²) in [4.78, 5) is 29.5. The van der Waals surface area contributed by atoms with Crippen molar-refractivity contribution in [2.24, 2.45) is 11.3 Å². The quantitative estimate of drug-likeness (QED) is 0.491. The van der Waals surface area contributed by atoms with Crippen molar-refractivity contribution in [2.75, 3.05) is 11.5 Å². The van der Waals surface area contributed by atoms with E-state index in [0.717, 1.165) is 30.5 Å². The van der Waals surface area contributed by atoms with Crippen molar-refractivity contribution < 1.29 is 9.53 Å². The normalized spacial score (nSPS) is 30.9. The van der Waals surface area contributed by atoms with Gasteiger partial charge < -0.3 is 15.5 Å².